The second-order valence-electron chi connectivity index (χ2n) is 6.92. The molecule has 4 aliphatic carbocycles. The molecule has 102 valence electrons. The SMILES string of the molecule is CCCNC(=O)OCC12CC3CC(CC(C3)C1)C2. The zero-order valence-corrected chi connectivity index (χ0v) is 11.4. The maximum Gasteiger partial charge on any atom is 0.407 e. The Morgan fingerprint density at radius 2 is 1.72 bits per heavy atom. The molecule has 3 nitrogen and oxygen atoms in total. The number of ether oxygens (including phenoxy) is 1. The van der Waals surface area contributed by atoms with Crippen LogP contribution >= 0.6 is 0 Å². The molecule has 4 fully saturated rings. The summed E-state index contributed by atoms with van der Waals surface area (Å²) in [6.45, 7) is 3.44. The maximum absolute atomic E-state index is 11.6. The molecule has 1 amide bonds. The van der Waals surface area contributed by atoms with Crippen molar-refractivity contribution in [2.24, 2.45) is 23.2 Å². The van der Waals surface area contributed by atoms with Crippen LogP contribution in [-0.4, -0.2) is 19.2 Å². The van der Waals surface area contributed by atoms with E-state index in [2.05, 4.69) is 12.2 Å². The fourth-order valence-corrected chi connectivity index (χ4v) is 4.96. The summed E-state index contributed by atoms with van der Waals surface area (Å²) >= 11 is 0. The number of nitrogens with one attached hydrogen (secondary N) is 1. The van der Waals surface area contributed by atoms with E-state index in [1.807, 2.05) is 0 Å². The van der Waals surface area contributed by atoms with Crippen molar-refractivity contribution in [2.75, 3.05) is 13.2 Å². The van der Waals surface area contributed by atoms with Crippen molar-refractivity contribution < 1.29 is 9.53 Å². The average Bonchev–Trinajstić information content (AvgIpc) is 2.32. The summed E-state index contributed by atoms with van der Waals surface area (Å²) in [7, 11) is 0. The molecule has 0 aromatic rings. The third kappa shape index (κ3) is 2.36. The van der Waals surface area contributed by atoms with Crippen molar-refractivity contribution in [3.8, 4) is 0 Å². The van der Waals surface area contributed by atoms with E-state index >= 15 is 0 Å². The molecule has 4 aliphatic rings. The minimum Gasteiger partial charge on any atom is -0.449 e. The van der Waals surface area contributed by atoms with E-state index in [0.717, 1.165) is 30.7 Å². The van der Waals surface area contributed by atoms with E-state index in [-0.39, 0.29) is 6.09 Å². The van der Waals surface area contributed by atoms with E-state index < -0.39 is 0 Å². The molecule has 0 saturated heterocycles. The Balaban J connectivity index is 1.54. The van der Waals surface area contributed by atoms with Crippen LogP contribution in [0.15, 0.2) is 0 Å². The van der Waals surface area contributed by atoms with E-state index in [1.165, 1.54) is 38.5 Å². The summed E-state index contributed by atoms with van der Waals surface area (Å²) in [5.41, 5.74) is 0.346. The highest BCUT2D eigenvalue weighted by Crippen LogP contribution is 2.59. The van der Waals surface area contributed by atoms with Crippen molar-refractivity contribution >= 4 is 6.09 Å². The second-order valence-corrected chi connectivity index (χ2v) is 6.92. The van der Waals surface area contributed by atoms with Gasteiger partial charge in [-0.2, -0.15) is 0 Å². The molecule has 4 rings (SSSR count). The zero-order valence-electron chi connectivity index (χ0n) is 11.4. The standard InChI is InChI=1S/C15H25NO2/c1-2-3-16-14(17)18-10-15-7-11-4-12(8-15)6-13(5-11)9-15/h11-13H,2-10H2,1H3,(H,16,17). The summed E-state index contributed by atoms with van der Waals surface area (Å²) in [4.78, 5) is 11.6. The fourth-order valence-electron chi connectivity index (χ4n) is 4.96. The maximum atomic E-state index is 11.6. The number of amides is 1. The third-order valence-electron chi connectivity index (χ3n) is 5.19. The van der Waals surface area contributed by atoms with Gasteiger partial charge in [-0.1, -0.05) is 6.92 Å². The van der Waals surface area contributed by atoms with Gasteiger partial charge in [0.15, 0.2) is 0 Å². The molecule has 0 heterocycles. The van der Waals surface area contributed by atoms with Crippen LogP contribution in [0.25, 0.3) is 0 Å². The monoisotopic (exact) mass is 251 g/mol. The summed E-state index contributed by atoms with van der Waals surface area (Å²) in [6.07, 6.45) is 9.00. The molecule has 0 atom stereocenters. The number of carbonyl (C=O) groups is 1. The predicted octanol–water partition coefficient (Wildman–Crippen LogP) is 3.34. The molecule has 3 heteroatoms. The topological polar surface area (TPSA) is 38.3 Å². The smallest absolute Gasteiger partial charge is 0.407 e. The van der Waals surface area contributed by atoms with Gasteiger partial charge in [-0.3, -0.25) is 0 Å². The van der Waals surface area contributed by atoms with E-state index in [9.17, 15) is 4.79 Å². The van der Waals surface area contributed by atoms with E-state index in [1.54, 1.807) is 0 Å². The van der Waals surface area contributed by atoms with E-state index in [0.29, 0.717) is 12.0 Å². The molecule has 0 unspecified atom stereocenters. The van der Waals surface area contributed by atoms with Crippen molar-refractivity contribution in [3.05, 3.63) is 0 Å². The van der Waals surface area contributed by atoms with Crippen LogP contribution in [0, 0.1) is 23.2 Å². The van der Waals surface area contributed by atoms with E-state index in [4.69, 9.17) is 4.74 Å². The summed E-state index contributed by atoms with van der Waals surface area (Å²) in [5, 5.41) is 2.80. The molecule has 18 heavy (non-hydrogen) atoms. The van der Waals surface area contributed by atoms with Gasteiger partial charge in [-0.25, -0.2) is 4.79 Å². The zero-order chi connectivity index (χ0) is 12.6. The number of carbonyl (C=O) groups excluding carboxylic acids is 1. The molecule has 0 spiro atoms. The van der Waals surface area contributed by atoms with Gasteiger partial charge in [0.25, 0.3) is 0 Å². The lowest BCUT2D eigenvalue weighted by atomic mass is 9.50. The van der Waals surface area contributed by atoms with Crippen LogP contribution in [0.2, 0.25) is 0 Å². The number of alkyl carbamates (subject to hydrolysis) is 1. The summed E-state index contributed by atoms with van der Waals surface area (Å²) in [5.74, 6) is 2.79. The van der Waals surface area contributed by atoms with Gasteiger partial charge in [-0.05, 0) is 62.7 Å². The van der Waals surface area contributed by atoms with Crippen molar-refractivity contribution in [2.45, 2.75) is 51.9 Å². The van der Waals surface area contributed by atoms with Gasteiger partial charge in [-0.15, -0.1) is 0 Å². The first-order chi connectivity index (χ1) is 8.69. The van der Waals surface area contributed by atoms with Crippen LogP contribution in [-0.2, 0) is 4.74 Å². The van der Waals surface area contributed by atoms with Gasteiger partial charge in [0, 0.05) is 12.0 Å². The Morgan fingerprint density at radius 3 is 2.22 bits per heavy atom. The lowest BCUT2D eigenvalue weighted by Gasteiger charge is -2.56. The van der Waals surface area contributed by atoms with Gasteiger partial charge < -0.3 is 10.1 Å². The van der Waals surface area contributed by atoms with Crippen molar-refractivity contribution in [3.63, 3.8) is 0 Å². The molecule has 0 aromatic carbocycles. The highest BCUT2D eigenvalue weighted by atomic mass is 16.5. The minimum absolute atomic E-state index is 0.215. The highest BCUT2D eigenvalue weighted by molar-refractivity contribution is 5.67. The lowest BCUT2D eigenvalue weighted by molar-refractivity contribution is -0.0819. The largest absolute Gasteiger partial charge is 0.449 e. The Kier molecular flexibility index (Phi) is 3.25. The normalized spacial score (nSPS) is 40.8. The quantitative estimate of drug-likeness (QED) is 0.832. The predicted molar refractivity (Wildman–Crippen MR) is 70.2 cm³/mol. The van der Waals surface area contributed by atoms with Crippen molar-refractivity contribution in [1.82, 2.24) is 5.32 Å². The van der Waals surface area contributed by atoms with Crippen molar-refractivity contribution in [1.29, 1.82) is 0 Å². The summed E-state index contributed by atoms with van der Waals surface area (Å²) in [6, 6.07) is 0. The Labute approximate surface area is 110 Å². The molecule has 0 aromatic heterocycles. The van der Waals surface area contributed by atoms with Crippen LogP contribution in [0.1, 0.15) is 51.9 Å². The molecule has 0 radical (unpaired) electrons. The highest BCUT2D eigenvalue weighted by Gasteiger charge is 2.51. The van der Waals surface area contributed by atoms with Gasteiger partial charge >= 0.3 is 6.09 Å². The Morgan fingerprint density at radius 1 is 1.17 bits per heavy atom. The molecule has 4 bridgehead atoms. The third-order valence-corrected chi connectivity index (χ3v) is 5.19. The van der Waals surface area contributed by atoms with Gasteiger partial charge in [0.1, 0.15) is 0 Å². The van der Waals surface area contributed by atoms with Gasteiger partial charge in [0.05, 0.1) is 6.61 Å². The number of hydrogen-bond donors (Lipinski definition) is 1. The number of rotatable bonds is 4. The van der Waals surface area contributed by atoms with Crippen LogP contribution in [0.4, 0.5) is 4.79 Å². The second kappa shape index (κ2) is 4.75. The summed E-state index contributed by atoms with van der Waals surface area (Å²) < 4.78 is 5.48. The first kappa shape index (κ1) is 12.3. The Hall–Kier alpha value is -0.730. The molecular weight excluding hydrogens is 226 g/mol. The molecule has 0 aliphatic heterocycles. The first-order valence-corrected chi connectivity index (χ1v) is 7.60. The average molecular weight is 251 g/mol. The number of hydrogen-bond acceptors (Lipinski definition) is 2. The van der Waals surface area contributed by atoms with Crippen LogP contribution < -0.4 is 5.32 Å². The molecular formula is C15H25NO2. The first-order valence-electron chi connectivity index (χ1n) is 7.60. The van der Waals surface area contributed by atoms with Crippen LogP contribution in [0.3, 0.4) is 0 Å². The van der Waals surface area contributed by atoms with Gasteiger partial charge in [0.2, 0.25) is 0 Å². The minimum atomic E-state index is -0.215. The Bertz CT molecular complexity index is 291. The van der Waals surface area contributed by atoms with Crippen LogP contribution in [0.5, 0.6) is 0 Å². The lowest BCUT2D eigenvalue weighted by Crippen LogP contribution is -2.48. The molecule has 1 N–H and O–H groups in total. The molecule has 4 saturated carbocycles. The fraction of sp³-hybridized carbons (Fsp3) is 0.933.